The highest BCUT2D eigenvalue weighted by Gasteiger charge is 2.23. The molecule has 0 radical (unpaired) electrons. The molecule has 33 heavy (non-hydrogen) atoms. The lowest BCUT2D eigenvalue weighted by Crippen LogP contribution is -2.30. The van der Waals surface area contributed by atoms with Crippen molar-refractivity contribution in [2.75, 3.05) is 23.3 Å². The van der Waals surface area contributed by atoms with Crippen LogP contribution in [0.15, 0.2) is 51.2 Å². The third-order valence-electron chi connectivity index (χ3n) is 5.66. The van der Waals surface area contributed by atoms with Crippen molar-refractivity contribution >= 4 is 51.3 Å². The Morgan fingerprint density at radius 1 is 1.18 bits per heavy atom. The molecule has 0 unspecified atom stereocenters. The quantitative estimate of drug-likeness (QED) is 0.327. The number of rotatable bonds is 6. The number of benzene rings is 2. The summed E-state index contributed by atoms with van der Waals surface area (Å²) >= 11 is 3.03. The molecule has 2 aromatic heterocycles. The number of amides is 1. The molecule has 6 nitrogen and oxygen atoms in total. The number of nitrogens with one attached hydrogen (secondary N) is 1. The summed E-state index contributed by atoms with van der Waals surface area (Å²) in [6.45, 7) is 3.69. The van der Waals surface area contributed by atoms with Crippen molar-refractivity contribution in [3.8, 4) is 0 Å². The van der Waals surface area contributed by atoms with Crippen LogP contribution < -0.4 is 10.2 Å². The first-order valence-corrected chi connectivity index (χ1v) is 12.7. The highest BCUT2D eigenvalue weighted by molar-refractivity contribution is 8.00. The van der Waals surface area contributed by atoms with Crippen LogP contribution in [0.4, 0.5) is 15.8 Å². The summed E-state index contributed by atoms with van der Waals surface area (Å²) in [4.78, 5) is 15.6. The van der Waals surface area contributed by atoms with Gasteiger partial charge in [0.2, 0.25) is 0 Å². The Hall–Kier alpha value is -2.91. The van der Waals surface area contributed by atoms with E-state index >= 15 is 0 Å². The van der Waals surface area contributed by atoms with Gasteiger partial charge in [0.1, 0.15) is 16.4 Å². The Morgan fingerprint density at radius 3 is 2.79 bits per heavy atom. The number of hydrogen-bond acceptors (Lipinski definition) is 7. The summed E-state index contributed by atoms with van der Waals surface area (Å²) in [7, 11) is 0. The first kappa shape index (κ1) is 21.9. The van der Waals surface area contributed by atoms with Crippen LogP contribution in [0.5, 0.6) is 0 Å². The number of fused-ring (bicyclic) bond motifs is 1. The van der Waals surface area contributed by atoms with E-state index in [2.05, 4.69) is 20.4 Å². The zero-order valence-electron chi connectivity index (χ0n) is 18.1. The predicted octanol–water partition coefficient (Wildman–Crippen LogP) is 6.27. The molecule has 3 heterocycles. The molecule has 0 atom stereocenters. The minimum absolute atomic E-state index is 0.235. The molecular weight excluding hydrogens is 459 g/mol. The van der Waals surface area contributed by atoms with Gasteiger partial charge in [-0.2, -0.15) is 0 Å². The van der Waals surface area contributed by atoms with E-state index in [0.717, 1.165) is 51.9 Å². The van der Waals surface area contributed by atoms with Gasteiger partial charge >= 0.3 is 0 Å². The minimum Gasteiger partial charge on any atom is -0.451 e. The number of para-hydroxylation sites is 1. The molecule has 0 bridgehead atoms. The molecule has 0 saturated carbocycles. The maximum Gasteiger partial charge on any atom is 0.291 e. The van der Waals surface area contributed by atoms with Crippen LogP contribution in [0.3, 0.4) is 0 Å². The maximum absolute atomic E-state index is 14.1. The van der Waals surface area contributed by atoms with Gasteiger partial charge in [0.05, 0.1) is 11.4 Å². The Balaban J connectivity index is 1.46. The Morgan fingerprint density at radius 2 is 2.00 bits per heavy atom. The minimum atomic E-state index is -0.391. The first-order valence-electron chi connectivity index (χ1n) is 10.9. The molecule has 170 valence electrons. The second-order valence-electron chi connectivity index (χ2n) is 7.94. The molecule has 4 aromatic rings. The molecule has 0 spiro atoms. The molecule has 1 aliphatic rings. The van der Waals surface area contributed by atoms with Gasteiger partial charge < -0.3 is 14.6 Å². The van der Waals surface area contributed by atoms with Crippen LogP contribution in [0.2, 0.25) is 0 Å². The van der Waals surface area contributed by atoms with Crippen molar-refractivity contribution in [3.05, 3.63) is 64.6 Å². The van der Waals surface area contributed by atoms with Crippen LogP contribution in [0.25, 0.3) is 11.0 Å². The molecule has 1 amide bonds. The number of hydrogen-bond donors (Lipinski definition) is 1. The summed E-state index contributed by atoms with van der Waals surface area (Å²) in [5.74, 6) is -0.0349. The zero-order valence-corrected chi connectivity index (χ0v) is 19.8. The van der Waals surface area contributed by atoms with E-state index in [9.17, 15) is 9.18 Å². The number of furan rings is 1. The summed E-state index contributed by atoms with van der Waals surface area (Å²) < 4.78 is 20.9. The van der Waals surface area contributed by atoms with E-state index < -0.39 is 5.82 Å². The standard InChI is InChI=1S/C24H23FN4O2S2/c1-15-27-28-24(33-15)32-14-18-17-7-3-4-8-21(17)31-22(18)23(30)26-19-13-16(25)9-10-20(19)29-11-5-2-6-12-29/h3-4,7-10,13H,2,5-6,11-12,14H2,1H3,(H,26,30). The van der Waals surface area contributed by atoms with E-state index in [0.29, 0.717) is 17.0 Å². The second-order valence-corrected chi connectivity index (χ2v) is 10.3. The number of aryl methyl sites for hydroxylation is 1. The molecule has 1 fully saturated rings. The predicted molar refractivity (Wildman–Crippen MR) is 131 cm³/mol. The van der Waals surface area contributed by atoms with Gasteiger partial charge in [-0.15, -0.1) is 10.2 Å². The van der Waals surface area contributed by atoms with Crippen LogP contribution in [0, 0.1) is 12.7 Å². The van der Waals surface area contributed by atoms with Crippen LogP contribution in [0.1, 0.15) is 40.4 Å². The van der Waals surface area contributed by atoms with Gasteiger partial charge in [0, 0.05) is 29.8 Å². The second kappa shape index (κ2) is 9.52. The Kier molecular flexibility index (Phi) is 6.32. The van der Waals surface area contributed by atoms with Crippen LogP contribution >= 0.6 is 23.1 Å². The molecule has 5 rings (SSSR count). The fourth-order valence-corrected chi connectivity index (χ4v) is 5.94. The van der Waals surface area contributed by atoms with Crippen molar-refractivity contribution in [2.24, 2.45) is 0 Å². The SMILES string of the molecule is Cc1nnc(SCc2c(C(=O)Nc3cc(F)ccc3N3CCCCC3)oc3ccccc23)s1. The summed E-state index contributed by atoms with van der Waals surface area (Å²) in [5.41, 5.74) is 2.72. The number of halogens is 1. The van der Waals surface area contributed by atoms with Gasteiger partial charge in [0.25, 0.3) is 5.91 Å². The number of thioether (sulfide) groups is 1. The number of piperidine rings is 1. The number of aromatic nitrogens is 2. The molecular formula is C24H23FN4O2S2. The van der Waals surface area contributed by atoms with Gasteiger partial charge in [-0.05, 0) is 50.5 Å². The average molecular weight is 483 g/mol. The van der Waals surface area contributed by atoms with Crippen molar-refractivity contribution in [3.63, 3.8) is 0 Å². The highest BCUT2D eigenvalue weighted by atomic mass is 32.2. The summed E-state index contributed by atoms with van der Waals surface area (Å²) in [6, 6.07) is 12.1. The molecule has 2 aromatic carbocycles. The molecule has 0 aliphatic carbocycles. The van der Waals surface area contributed by atoms with Crippen molar-refractivity contribution in [2.45, 2.75) is 36.3 Å². The van der Waals surface area contributed by atoms with E-state index in [-0.39, 0.29) is 11.7 Å². The van der Waals surface area contributed by atoms with Gasteiger partial charge in [0.15, 0.2) is 10.1 Å². The molecule has 1 N–H and O–H groups in total. The average Bonchev–Trinajstić information content (AvgIpc) is 3.41. The van der Waals surface area contributed by atoms with Gasteiger partial charge in [-0.25, -0.2) is 4.39 Å². The fourth-order valence-electron chi connectivity index (χ4n) is 4.09. The van der Waals surface area contributed by atoms with E-state index in [1.807, 2.05) is 31.2 Å². The van der Waals surface area contributed by atoms with Gasteiger partial charge in [-0.3, -0.25) is 4.79 Å². The third kappa shape index (κ3) is 4.74. The Bertz CT molecular complexity index is 1300. The normalized spacial score (nSPS) is 14.1. The topological polar surface area (TPSA) is 71.3 Å². The lowest BCUT2D eigenvalue weighted by Gasteiger charge is -2.30. The smallest absolute Gasteiger partial charge is 0.291 e. The largest absolute Gasteiger partial charge is 0.451 e. The van der Waals surface area contributed by atoms with E-state index in [1.165, 1.54) is 41.7 Å². The number of carbonyl (C=O) groups excluding carboxylic acids is 1. The highest BCUT2D eigenvalue weighted by Crippen LogP contribution is 2.35. The Labute approximate surface area is 199 Å². The number of carbonyl (C=O) groups is 1. The van der Waals surface area contributed by atoms with E-state index in [1.54, 1.807) is 6.07 Å². The number of anilines is 2. The van der Waals surface area contributed by atoms with Crippen LogP contribution in [-0.2, 0) is 5.75 Å². The van der Waals surface area contributed by atoms with Crippen LogP contribution in [-0.4, -0.2) is 29.2 Å². The fraction of sp³-hybridized carbons (Fsp3) is 0.292. The third-order valence-corrected chi connectivity index (χ3v) is 7.65. The summed E-state index contributed by atoms with van der Waals surface area (Å²) in [5, 5.41) is 12.9. The maximum atomic E-state index is 14.1. The van der Waals surface area contributed by atoms with Gasteiger partial charge in [-0.1, -0.05) is 41.3 Å². The van der Waals surface area contributed by atoms with Crippen molar-refractivity contribution in [1.29, 1.82) is 0 Å². The molecule has 9 heteroatoms. The molecule has 1 aliphatic heterocycles. The lowest BCUT2D eigenvalue weighted by atomic mass is 10.1. The summed E-state index contributed by atoms with van der Waals surface area (Å²) in [6.07, 6.45) is 3.36. The lowest BCUT2D eigenvalue weighted by molar-refractivity contribution is 0.0998. The first-order chi connectivity index (χ1) is 16.1. The zero-order chi connectivity index (χ0) is 22.8. The molecule has 1 saturated heterocycles. The number of nitrogens with zero attached hydrogens (tertiary/aromatic N) is 3. The van der Waals surface area contributed by atoms with E-state index in [4.69, 9.17) is 4.42 Å². The van der Waals surface area contributed by atoms with Crippen molar-refractivity contribution < 1.29 is 13.6 Å². The monoisotopic (exact) mass is 482 g/mol. The van der Waals surface area contributed by atoms with Crippen molar-refractivity contribution in [1.82, 2.24) is 10.2 Å².